The second kappa shape index (κ2) is 7.39. The van der Waals surface area contributed by atoms with Gasteiger partial charge < -0.3 is 10.6 Å². The van der Waals surface area contributed by atoms with Gasteiger partial charge in [0, 0.05) is 31.9 Å². The molecule has 0 aliphatic carbocycles. The highest BCUT2D eigenvalue weighted by molar-refractivity contribution is 5.46. The van der Waals surface area contributed by atoms with E-state index in [2.05, 4.69) is 49.9 Å². The number of nitrogen functional groups attached to an aromatic ring is 1. The third kappa shape index (κ3) is 5.52. The van der Waals surface area contributed by atoms with Crippen molar-refractivity contribution in [2.45, 2.75) is 20.4 Å². The molecule has 0 aromatic heterocycles. The second-order valence-electron chi connectivity index (χ2n) is 5.63. The highest BCUT2D eigenvalue weighted by Crippen LogP contribution is 2.14. The summed E-state index contributed by atoms with van der Waals surface area (Å²) in [4.78, 5) is 4.71. The molecule has 0 bridgehead atoms. The van der Waals surface area contributed by atoms with Crippen molar-refractivity contribution in [2.24, 2.45) is 5.92 Å². The Labute approximate surface area is 112 Å². The Morgan fingerprint density at radius 1 is 1.11 bits per heavy atom. The normalized spacial score (nSPS) is 11.7. The fourth-order valence-electron chi connectivity index (χ4n) is 2.01. The van der Waals surface area contributed by atoms with Crippen LogP contribution in [0.25, 0.3) is 0 Å². The lowest BCUT2D eigenvalue weighted by molar-refractivity contribution is 0.212. The van der Waals surface area contributed by atoms with Crippen LogP contribution in [0.5, 0.6) is 0 Å². The standard InChI is InChI=1S/C15H27N3/c1-13(2)11-18(10-9-17(3)4)12-14-7-5-6-8-15(14)16/h5-8,13H,9-12,16H2,1-4H3. The van der Waals surface area contributed by atoms with Crippen molar-refractivity contribution in [3.8, 4) is 0 Å². The summed E-state index contributed by atoms with van der Waals surface area (Å²) in [5.74, 6) is 0.678. The number of hydrogen-bond acceptors (Lipinski definition) is 3. The van der Waals surface area contributed by atoms with Gasteiger partial charge in [-0.05, 0) is 31.6 Å². The van der Waals surface area contributed by atoms with Crippen LogP contribution < -0.4 is 5.73 Å². The molecule has 3 heteroatoms. The first-order valence-electron chi connectivity index (χ1n) is 6.69. The number of nitrogens with two attached hydrogens (primary N) is 1. The van der Waals surface area contributed by atoms with Gasteiger partial charge in [-0.2, -0.15) is 0 Å². The van der Waals surface area contributed by atoms with E-state index >= 15 is 0 Å². The molecule has 0 saturated carbocycles. The van der Waals surface area contributed by atoms with Crippen LogP contribution in [0.15, 0.2) is 24.3 Å². The molecule has 0 heterocycles. The van der Waals surface area contributed by atoms with Gasteiger partial charge in [0.05, 0.1) is 0 Å². The number of anilines is 1. The van der Waals surface area contributed by atoms with Crippen LogP contribution >= 0.6 is 0 Å². The maximum absolute atomic E-state index is 6.02. The minimum atomic E-state index is 0.678. The van der Waals surface area contributed by atoms with Crippen molar-refractivity contribution in [3.05, 3.63) is 29.8 Å². The largest absolute Gasteiger partial charge is 0.398 e. The van der Waals surface area contributed by atoms with Crippen molar-refractivity contribution in [3.63, 3.8) is 0 Å². The summed E-state index contributed by atoms with van der Waals surface area (Å²) in [7, 11) is 4.23. The van der Waals surface area contributed by atoms with Crippen molar-refractivity contribution < 1.29 is 0 Å². The van der Waals surface area contributed by atoms with Crippen molar-refractivity contribution in [1.82, 2.24) is 9.80 Å². The van der Waals surface area contributed by atoms with Crippen LogP contribution in [-0.2, 0) is 6.54 Å². The third-order valence-corrected chi connectivity index (χ3v) is 2.94. The lowest BCUT2D eigenvalue weighted by atomic mass is 10.1. The number of rotatable bonds is 7. The van der Waals surface area contributed by atoms with E-state index in [1.807, 2.05) is 12.1 Å². The molecule has 1 rings (SSSR count). The van der Waals surface area contributed by atoms with Gasteiger partial charge in [-0.3, -0.25) is 4.90 Å². The van der Waals surface area contributed by atoms with E-state index < -0.39 is 0 Å². The molecule has 0 spiro atoms. The summed E-state index contributed by atoms with van der Waals surface area (Å²) >= 11 is 0. The summed E-state index contributed by atoms with van der Waals surface area (Å²) in [6.07, 6.45) is 0. The first-order valence-corrected chi connectivity index (χ1v) is 6.69. The molecular weight excluding hydrogens is 222 g/mol. The highest BCUT2D eigenvalue weighted by atomic mass is 15.2. The van der Waals surface area contributed by atoms with Crippen molar-refractivity contribution >= 4 is 5.69 Å². The van der Waals surface area contributed by atoms with Crippen LogP contribution in [0.1, 0.15) is 19.4 Å². The second-order valence-corrected chi connectivity index (χ2v) is 5.63. The molecule has 102 valence electrons. The van der Waals surface area contributed by atoms with Gasteiger partial charge in [0.15, 0.2) is 0 Å². The van der Waals surface area contributed by atoms with Crippen molar-refractivity contribution in [1.29, 1.82) is 0 Å². The van der Waals surface area contributed by atoms with Crippen molar-refractivity contribution in [2.75, 3.05) is 39.5 Å². The lowest BCUT2D eigenvalue weighted by Gasteiger charge is -2.26. The third-order valence-electron chi connectivity index (χ3n) is 2.94. The van der Waals surface area contributed by atoms with Crippen LogP contribution in [0.3, 0.4) is 0 Å². The predicted molar refractivity (Wildman–Crippen MR) is 79.5 cm³/mol. The summed E-state index contributed by atoms with van der Waals surface area (Å²) in [6, 6.07) is 8.16. The molecule has 0 unspecified atom stereocenters. The maximum atomic E-state index is 6.02. The van der Waals surface area contributed by atoms with E-state index in [1.54, 1.807) is 0 Å². The van der Waals surface area contributed by atoms with Crippen LogP contribution in [-0.4, -0.2) is 43.5 Å². The molecule has 1 aromatic carbocycles. The number of nitrogens with zero attached hydrogens (tertiary/aromatic N) is 2. The number of likely N-dealkylation sites (N-methyl/N-ethyl adjacent to an activating group) is 1. The average molecular weight is 249 g/mol. The quantitative estimate of drug-likeness (QED) is 0.753. The van der Waals surface area contributed by atoms with Gasteiger partial charge in [0.1, 0.15) is 0 Å². The van der Waals surface area contributed by atoms with Crippen LogP contribution in [0, 0.1) is 5.92 Å². The fraction of sp³-hybridized carbons (Fsp3) is 0.600. The zero-order chi connectivity index (χ0) is 13.5. The molecule has 0 radical (unpaired) electrons. The van der Waals surface area contributed by atoms with Gasteiger partial charge in [-0.1, -0.05) is 32.0 Å². The number of hydrogen-bond donors (Lipinski definition) is 1. The maximum Gasteiger partial charge on any atom is 0.0359 e. The summed E-state index contributed by atoms with van der Waals surface area (Å²) in [5.41, 5.74) is 8.15. The Morgan fingerprint density at radius 3 is 2.33 bits per heavy atom. The molecule has 18 heavy (non-hydrogen) atoms. The van der Waals surface area contributed by atoms with Gasteiger partial charge in [0.2, 0.25) is 0 Å². The molecule has 0 atom stereocenters. The number of benzene rings is 1. The SMILES string of the molecule is CC(C)CN(CCN(C)C)Cc1ccccc1N. The first kappa shape index (κ1) is 15.0. The molecule has 0 aliphatic rings. The molecule has 2 N–H and O–H groups in total. The Kier molecular flexibility index (Phi) is 6.16. The minimum Gasteiger partial charge on any atom is -0.398 e. The zero-order valence-corrected chi connectivity index (χ0v) is 12.2. The summed E-state index contributed by atoms with van der Waals surface area (Å²) in [5, 5.41) is 0. The molecule has 0 fully saturated rings. The Balaban J connectivity index is 2.62. The van der Waals surface area contributed by atoms with Gasteiger partial charge >= 0.3 is 0 Å². The summed E-state index contributed by atoms with van der Waals surface area (Å²) < 4.78 is 0. The molecule has 1 aromatic rings. The smallest absolute Gasteiger partial charge is 0.0359 e. The van der Waals surface area contributed by atoms with E-state index in [9.17, 15) is 0 Å². The van der Waals surface area contributed by atoms with Crippen LogP contribution in [0.4, 0.5) is 5.69 Å². The highest BCUT2D eigenvalue weighted by Gasteiger charge is 2.10. The van der Waals surface area contributed by atoms with E-state index in [0.717, 1.165) is 31.9 Å². The zero-order valence-electron chi connectivity index (χ0n) is 12.2. The molecule has 0 saturated heterocycles. The Hall–Kier alpha value is -1.06. The van der Waals surface area contributed by atoms with Crippen LogP contribution in [0.2, 0.25) is 0 Å². The molecule has 0 amide bonds. The molecular formula is C15H27N3. The van der Waals surface area contributed by atoms with Gasteiger partial charge in [-0.15, -0.1) is 0 Å². The molecule has 0 aliphatic heterocycles. The van der Waals surface area contributed by atoms with E-state index in [1.165, 1.54) is 5.56 Å². The topological polar surface area (TPSA) is 32.5 Å². The Morgan fingerprint density at radius 2 is 1.78 bits per heavy atom. The summed E-state index contributed by atoms with van der Waals surface area (Å²) in [6.45, 7) is 8.74. The lowest BCUT2D eigenvalue weighted by Crippen LogP contribution is -2.34. The fourth-order valence-corrected chi connectivity index (χ4v) is 2.01. The number of para-hydroxylation sites is 1. The average Bonchev–Trinajstić information content (AvgIpc) is 2.28. The predicted octanol–water partition coefficient (Wildman–Crippen LogP) is 2.29. The minimum absolute atomic E-state index is 0.678. The van der Waals surface area contributed by atoms with Gasteiger partial charge in [-0.25, -0.2) is 0 Å². The monoisotopic (exact) mass is 249 g/mol. The van der Waals surface area contributed by atoms with Gasteiger partial charge in [0.25, 0.3) is 0 Å². The van der Waals surface area contributed by atoms with E-state index in [0.29, 0.717) is 5.92 Å². The van der Waals surface area contributed by atoms with E-state index in [-0.39, 0.29) is 0 Å². The molecule has 3 nitrogen and oxygen atoms in total. The first-order chi connectivity index (χ1) is 8.49. The Bertz CT molecular complexity index is 347. The van der Waals surface area contributed by atoms with E-state index in [4.69, 9.17) is 5.73 Å².